The standard InChI is InChI=1S/C16H34N2/c1-6-16(5,18(8-3)9-4)15(17-7-2)13-12-14-10-11-14/h14-15,17H,6-13H2,1-5H3. The van der Waals surface area contributed by atoms with E-state index in [1.165, 1.54) is 32.1 Å². The predicted octanol–water partition coefficient (Wildman–Crippen LogP) is 3.67. The van der Waals surface area contributed by atoms with Crippen LogP contribution in [0.3, 0.4) is 0 Å². The van der Waals surface area contributed by atoms with Crippen LogP contribution in [0.2, 0.25) is 0 Å². The van der Waals surface area contributed by atoms with Gasteiger partial charge in [-0.2, -0.15) is 0 Å². The van der Waals surface area contributed by atoms with Gasteiger partial charge in [0, 0.05) is 11.6 Å². The van der Waals surface area contributed by atoms with Crippen molar-refractivity contribution < 1.29 is 0 Å². The number of hydrogen-bond acceptors (Lipinski definition) is 2. The van der Waals surface area contributed by atoms with Crippen LogP contribution in [0.15, 0.2) is 0 Å². The molecule has 0 radical (unpaired) electrons. The molecule has 2 unspecified atom stereocenters. The molecular weight excluding hydrogens is 220 g/mol. The fourth-order valence-electron chi connectivity index (χ4n) is 3.32. The maximum atomic E-state index is 3.76. The second kappa shape index (κ2) is 7.49. The molecule has 1 aliphatic carbocycles. The van der Waals surface area contributed by atoms with Gasteiger partial charge in [0.2, 0.25) is 0 Å². The largest absolute Gasteiger partial charge is 0.312 e. The molecule has 0 aliphatic heterocycles. The van der Waals surface area contributed by atoms with Gasteiger partial charge in [0.1, 0.15) is 0 Å². The van der Waals surface area contributed by atoms with Crippen LogP contribution < -0.4 is 5.32 Å². The number of nitrogens with one attached hydrogen (secondary N) is 1. The Kier molecular flexibility index (Phi) is 6.65. The van der Waals surface area contributed by atoms with Crippen LogP contribution in [0.4, 0.5) is 0 Å². The SMILES string of the molecule is CCNC(CCC1CC1)C(C)(CC)N(CC)CC. The smallest absolute Gasteiger partial charge is 0.0331 e. The average Bonchev–Trinajstić information content (AvgIpc) is 3.19. The zero-order chi connectivity index (χ0) is 13.6. The van der Waals surface area contributed by atoms with Crippen LogP contribution in [0.5, 0.6) is 0 Å². The van der Waals surface area contributed by atoms with E-state index < -0.39 is 0 Å². The van der Waals surface area contributed by atoms with Crippen molar-refractivity contribution in [2.24, 2.45) is 5.92 Å². The first kappa shape index (κ1) is 16.0. The summed E-state index contributed by atoms with van der Waals surface area (Å²) >= 11 is 0. The molecule has 0 spiro atoms. The van der Waals surface area contributed by atoms with Crippen molar-refractivity contribution in [3.63, 3.8) is 0 Å². The third kappa shape index (κ3) is 3.96. The highest BCUT2D eigenvalue weighted by Gasteiger charge is 2.37. The molecule has 0 aromatic heterocycles. The molecule has 1 aliphatic rings. The van der Waals surface area contributed by atoms with Crippen molar-refractivity contribution in [3.05, 3.63) is 0 Å². The molecular formula is C16H34N2. The molecule has 0 aromatic rings. The Morgan fingerprint density at radius 3 is 2.17 bits per heavy atom. The molecule has 1 fully saturated rings. The lowest BCUT2D eigenvalue weighted by molar-refractivity contribution is 0.0659. The predicted molar refractivity (Wildman–Crippen MR) is 81.0 cm³/mol. The van der Waals surface area contributed by atoms with E-state index >= 15 is 0 Å². The van der Waals surface area contributed by atoms with E-state index in [1.807, 2.05) is 0 Å². The normalized spacial score (nSPS) is 21.0. The molecule has 0 heterocycles. The monoisotopic (exact) mass is 254 g/mol. The summed E-state index contributed by atoms with van der Waals surface area (Å²) in [6, 6.07) is 0.646. The molecule has 2 atom stereocenters. The highest BCUT2D eigenvalue weighted by molar-refractivity contribution is 4.96. The number of likely N-dealkylation sites (N-methyl/N-ethyl adjacent to an activating group) is 2. The topological polar surface area (TPSA) is 15.3 Å². The zero-order valence-electron chi connectivity index (χ0n) is 13.3. The van der Waals surface area contributed by atoms with E-state index in [0.717, 1.165) is 25.6 Å². The number of nitrogens with zero attached hydrogens (tertiary/aromatic N) is 1. The van der Waals surface area contributed by atoms with Gasteiger partial charge in [-0.3, -0.25) is 4.90 Å². The average molecular weight is 254 g/mol. The number of hydrogen-bond donors (Lipinski definition) is 1. The summed E-state index contributed by atoms with van der Waals surface area (Å²) in [5.41, 5.74) is 0.314. The minimum atomic E-state index is 0.314. The van der Waals surface area contributed by atoms with E-state index in [1.54, 1.807) is 0 Å². The fourth-order valence-corrected chi connectivity index (χ4v) is 3.32. The van der Waals surface area contributed by atoms with Gasteiger partial charge in [-0.1, -0.05) is 40.5 Å². The maximum Gasteiger partial charge on any atom is 0.0331 e. The molecule has 1 N–H and O–H groups in total. The van der Waals surface area contributed by atoms with E-state index in [4.69, 9.17) is 0 Å². The summed E-state index contributed by atoms with van der Waals surface area (Å²) in [6.45, 7) is 15.0. The van der Waals surface area contributed by atoms with Crippen LogP contribution >= 0.6 is 0 Å². The van der Waals surface area contributed by atoms with Crippen molar-refractivity contribution in [2.75, 3.05) is 19.6 Å². The molecule has 2 nitrogen and oxygen atoms in total. The second-order valence-electron chi connectivity index (χ2n) is 6.01. The first-order chi connectivity index (χ1) is 8.62. The lowest BCUT2D eigenvalue weighted by Gasteiger charge is -2.46. The van der Waals surface area contributed by atoms with Gasteiger partial charge >= 0.3 is 0 Å². The van der Waals surface area contributed by atoms with Gasteiger partial charge in [0.25, 0.3) is 0 Å². The van der Waals surface area contributed by atoms with Crippen molar-refractivity contribution in [1.82, 2.24) is 10.2 Å². The Labute approximate surface area is 115 Å². The molecule has 0 aromatic carbocycles. The first-order valence-electron chi connectivity index (χ1n) is 8.10. The summed E-state index contributed by atoms with van der Waals surface area (Å²) in [5.74, 6) is 1.05. The quantitative estimate of drug-likeness (QED) is 0.640. The van der Waals surface area contributed by atoms with E-state index in [-0.39, 0.29) is 0 Å². The second-order valence-corrected chi connectivity index (χ2v) is 6.01. The Bertz CT molecular complexity index is 221. The van der Waals surface area contributed by atoms with Gasteiger partial charge in [0.05, 0.1) is 0 Å². The van der Waals surface area contributed by atoms with Crippen LogP contribution in [0.1, 0.15) is 66.7 Å². The summed E-state index contributed by atoms with van der Waals surface area (Å²) in [5, 5.41) is 3.76. The first-order valence-corrected chi connectivity index (χ1v) is 8.10. The van der Waals surface area contributed by atoms with Crippen LogP contribution in [0, 0.1) is 5.92 Å². The molecule has 0 saturated heterocycles. The molecule has 1 saturated carbocycles. The minimum Gasteiger partial charge on any atom is -0.312 e. The van der Waals surface area contributed by atoms with E-state index in [9.17, 15) is 0 Å². The third-order valence-corrected chi connectivity index (χ3v) is 4.96. The number of rotatable bonds is 10. The fraction of sp³-hybridized carbons (Fsp3) is 1.00. The Morgan fingerprint density at radius 1 is 1.17 bits per heavy atom. The lowest BCUT2D eigenvalue weighted by atomic mass is 9.83. The van der Waals surface area contributed by atoms with Gasteiger partial charge in [-0.05, 0) is 51.7 Å². The highest BCUT2D eigenvalue weighted by Crippen LogP contribution is 2.36. The summed E-state index contributed by atoms with van der Waals surface area (Å²) < 4.78 is 0. The Hall–Kier alpha value is -0.0800. The molecule has 108 valence electrons. The van der Waals surface area contributed by atoms with Crippen molar-refractivity contribution in [2.45, 2.75) is 78.3 Å². The van der Waals surface area contributed by atoms with E-state index in [2.05, 4.69) is 44.8 Å². The van der Waals surface area contributed by atoms with Gasteiger partial charge in [-0.25, -0.2) is 0 Å². The molecule has 0 bridgehead atoms. The van der Waals surface area contributed by atoms with Crippen LogP contribution in [0.25, 0.3) is 0 Å². The minimum absolute atomic E-state index is 0.314. The van der Waals surface area contributed by atoms with E-state index in [0.29, 0.717) is 11.6 Å². The maximum absolute atomic E-state index is 3.76. The third-order valence-electron chi connectivity index (χ3n) is 4.96. The van der Waals surface area contributed by atoms with Crippen molar-refractivity contribution in [3.8, 4) is 0 Å². The summed E-state index contributed by atoms with van der Waals surface area (Å²) in [4.78, 5) is 2.65. The van der Waals surface area contributed by atoms with Crippen molar-refractivity contribution >= 4 is 0 Å². The molecule has 2 heteroatoms. The van der Waals surface area contributed by atoms with Gasteiger partial charge in [-0.15, -0.1) is 0 Å². The van der Waals surface area contributed by atoms with Crippen molar-refractivity contribution in [1.29, 1.82) is 0 Å². The van der Waals surface area contributed by atoms with Crippen LogP contribution in [-0.4, -0.2) is 36.1 Å². The summed E-state index contributed by atoms with van der Waals surface area (Å²) in [7, 11) is 0. The highest BCUT2D eigenvalue weighted by atomic mass is 15.2. The molecule has 18 heavy (non-hydrogen) atoms. The lowest BCUT2D eigenvalue weighted by Crippen LogP contribution is -2.59. The Balaban J connectivity index is 2.68. The zero-order valence-corrected chi connectivity index (χ0v) is 13.3. The van der Waals surface area contributed by atoms with Gasteiger partial charge in [0.15, 0.2) is 0 Å². The molecule has 1 rings (SSSR count). The summed E-state index contributed by atoms with van der Waals surface area (Å²) in [6.07, 6.45) is 6.96. The molecule has 0 amide bonds. The van der Waals surface area contributed by atoms with Crippen LogP contribution in [-0.2, 0) is 0 Å². The Morgan fingerprint density at radius 2 is 1.78 bits per heavy atom. The van der Waals surface area contributed by atoms with Gasteiger partial charge < -0.3 is 5.32 Å².